The Labute approximate surface area is 93.8 Å². The molecule has 0 spiro atoms. The summed E-state index contributed by atoms with van der Waals surface area (Å²) in [7, 11) is -2.50. The first-order valence-corrected chi connectivity index (χ1v) is 5.96. The summed E-state index contributed by atoms with van der Waals surface area (Å²) in [5, 5.41) is 8.32. The average Bonchev–Trinajstić information content (AvgIpc) is 2.28. The quantitative estimate of drug-likeness (QED) is 0.652. The molecule has 0 fully saturated rings. The van der Waals surface area contributed by atoms with E-state index in [4.69, 9.17) is 0 Å². The summed E-state index contributed by atoms with van der Waals surface area (Å²) in [6.07, 6.45) is 1.71. The van der Waals surface area contributed by atoms with E-state index >= 15 is 0 Å². The molecular weight excluding hydrogens is 226 g/mol. The van der Waals surface area contributed by atoms with Crippen molar-refractivity contribution in [2.75, 3.05) is 5.88 Å². The zero-order chi connectivity index (χ0) is 11.4. The first kappa shape index (κ1) is 10.7. The summed E-state index contributed by atoms with van der Waals surface area (Å²) in [5.74, 6) is -0.277. The van der Waals surface area contributed by atoms with Crippen molar-refractivity contribution >= 4 is 27.3 Å². The van der Waals surface area contributed by atoms with E-state index in [9.17, 15) is 8.42 Å². The Bertz CT molecular complexity index is 600. The van der Waals surface area contributed by atoms with E-state index in [1.165, 1.54) is 0 Å². The number of thiol groups is 1. The molecule has 82 valence electrons. The molecule has 5 nitrogen and oxygen atoms in total. The summed E-state index contributed by atoms with van der Waals surface area (Å²) in [6, 6.07) is 9.12. The van der Waals surface area contributed by atoms with Gasteiger partial charge in [-0.2, -0.15) is 10.2 Å². The number of rotatable bonds is 3. The number of hydrogen-bond acceptors (Lipinski definition) is 5. The van der Waals surface area contributed by atoms with Gasteiger partial charge in [0.05, 0.1) is 11.2 Å². The zero-order valence-corrected chi connectivity index (χ0v) is 9.17. The molecule has 6 heteroatoms. The second kappa shape index (κ2) is 4.80. The van der Waals surface area contributed by atoms with E-state index in [0.29, 0.717) is 5.69 Å². The highest BCUT2D eigenvalue weighted by Crippen LogP contribution is 2.19. The minimum atomic E-state index is -2.50. The van der Waals surface area contributed by atoms with Crippen LogP contribution in [0, 0.1) is 0 Å². The molecule has 1 aromatic carbocycles. The topological polar surface area (TPSA) is 71.8 Å². The van der Waals surface area contributed by atoms with Crippen LogP contribution >= 0.6 is 0 Å². The van der Waals surface area contributed by atoms with Crippen LogP contribution in [0.2, 0.25) is 0 Å². The van der Waals surface area contributed by atoms with Gasteiger partial charge in [0.2, 0.25) is 0 Å². The van der Waals surface area contributed by atoms with E-state index in [0.717, 1.165) is 10.9 Å². The third-order valence-corrected chi connectivity index (χ3v) is 2.31. The lowest BCUT2D eigenvalue weighted by Crippen LogP contribution is -1.79. The van der Waals surface area contributed by atoms with Crippen LogP contribution in [0.5, 0.6) is 0 Å². The highest BCUT2D eigenvalue weighted by Gasteiger charge is 1.95. The Kier molecular flexibility index (Phi) is 3.21. The van der Waals surface area contributed by atoms with Gasteiger partial charge >= 0.3 is 0 Å². The average molecular weight is 235 g/mol. The van der Waals surface area contributed by atoms with Gasteiger partial charge in [0.1, 0.15) is 0 Å². The Morgan fingerprint density at radius 2 is 2.12 bits per heavy atom. The zero-order valence-electron chi connectivity index (χ0n) is 8.28. The van der Waals surface area contributed by atoms with Crippen molar-refractivity contribution in [3.63, 3.8) is 0 Å². The molecule has 0 amide bonds. The van der Waals surface area contributed by atoms with Crippen LogP contribution in [0.3, 0.4) is 0 Å². The molecule has 2 rings (SSSR count). The van der Waals surface area contributed by atoms with Gasteiger partial charge in [-0.3, -0.25) is 4.98 Å². The molecule has 1 aromatic heterocycles. The molecule has 2 aromatic rings. The smallest absolute Gasteiger partial charge is 0.162 e. The fraction of sp³-hybridized carbons (Fsp3) is 0.100. The molecule has 0 aliphatic carbocycles. The van der Waals surface area contributed by atoms with Gasteiger partial charge in [0.25, 0.3) is 0 Å². The van der Waals surface area contributed by atoms with Crippen molar-refractivity contribution in [1.82, 2.24) is 4.98 Å². The monoisotopic (exact) mass is 235 g/mol. The van der Waals surface area contributed by atoms with E-state index in [1.54, 1.807) is 12.3 Å². The molecule has 0 bridgehead atoms. The number of aromatic nitrogens is 1. The summed E-state index contributed by atoms with van der Waals surface area (Å²) in [6.45, 7) is 0. The van der Waals surface area contributed by atoms with Crippen LogP contribution in [0.15, 0.2) is 46.8 Å². The van der Waals surface area contributed by atoms with Gasteiger partial charge in [-0.25, -0.2) is 8.42 Å². The number of benzene rings is 1. The Morgan fingerprint density at radius 1 is 1.25 bits per heavy atom. The van der Waals surface area contributed by atoms with Crippen molar-refractivity contribution in [3.05, 3.63) is 36.5 Å². The largest absolute Gasteiger partial charge is 0.256 e. The number of pyridine rings is 1. The maximum absolute atomic E-state index is 10.3. The fourth-order valence-corrected chi connectivity index (χ4v) is 1.46. The number of nitrogens with zero attached hydrogens (tertiary/aromatic N) is 3. The van der Waals surface area contributed by atoms with Crippen molar-refractivity contribution in [3.8, 4) is 0 Å². The normalized spacial score (nSPS) is 11.6. The number of azo groups is 1. The Morgan fingerprint density at radius 3 is 2.94 bits per heavy atom. The molecule has 0 aliphatic rings. The molecule has 0 saturated heterocycles. The summed E-state index contributed by atoms with van der Waals surface area (Å²) >= 11 is 0. The van der Waals surface area contributed by atoms with E-state index < -0.39 is 10.7 Å². The van der Waals surface area contributed by atoms with Gasteiger partial charge in [-0.15, -0.1) is 0 Å². The third kappa shape index (κ3) is 2.60. The lowest BCUT2D eigenvalue weighted by Gasteiger charge is -1.96. The van der Waals surface area contributed by atoms with Gasteiger partial charge in [0.15, 0.2) is 16.6 Å². The maximum atomic E-state index is 10.3. The lowest BCUT2D eigenvalue weighted by molar-refractivity contribution is 0.614. The van der Waals surface area contributed by atoms with Crippen molar-refractivity contribution in [2.24, 2.45) is 10.2 Å². The predicted molar refractivity (Wildman–Crippen MR) is 61.4 cm³/mol. The van der Waals surface area contributed by atoms with Crippen molar-refractivity contribution in [1.29, 1.82) is 0 Å². The second-order valence-electron chi connectivity index (χ2n) is 3.10. The number of hydrogen-bond donors (Lipinski definition) is 1. The molecule has 0 radical (unpaired) electrons. The van der Waals surface area contributed by atoms with Gasteiger partial charge in [-0.1, -0.05) is 6.07 Å². The van der Waals surface area contributed by atoms with E-state index in [-0.39, 0.29) is 5.88 Å². The molecule has 0 unspecified atom stereocenters. The second-order valence-corrected chi connectivity index (χ2v) is 4.04. The first-order valence-electron chi connectivity index (χ1n) is 4.60. The summed E-state index contributed by atoms with van der Waals surface area (Å²) < 4.78 is 20.6. The molecule has 0 saturated carbocycles. The van der Waals surface area contributed by atoms with E-state index in [1.807, 2.05) is 24.3 Å². The molecule has 1 heterocycles. The van der Waals surface area contributed by atoms with Crippen LogP contribution in [-0.2, 0) is 10.7 Å². The standard InChI is InChI=1S/C10H9N3O2S/c14-16(15)7-12-13-9-3-4-10-8(6-9)2-1-5-11-10/h1-6,16H,7H2. The van der Waals surface area contributed by atoms with Crippen LogP contribution in [0.4, 0.5) is 5.69 Å². The van der Waals surface area contributed by atoms with Crippen molar-refractivity contribution < 1.29 is 8.42 Å². The molecule has 0 aliphatic heterocycles. The minimum absolute atomic E-state index is 0.277. The fourth-order valence-electron chi connectivity index (χ4n) is 1.29. The molecular formula is C10H9N3O2S. The third-order valence-electron chi connectivity index (χ3n) is 1.95. The SMILES string of the molecule is O=[SH](=O)CN=Nc1ccc2ncccc2c1. The lowest BCUT2D eigenvalue weighted by atomic mass is 10.2. The maximum Gasteiger partial charge on any atom is 0.162 e. The number of fused-ring (bicyclic) bond motifs is 1. The Balaban J connectivity index is 2.29. The minimum Gasteiger partial charge on any atom is -0.256 e. The highest BCUT2D eigenvalue weighted by molar-refractivity contribution is 7.72. The van der Waals surface area contributed by atoms with Crippen LogP contribution in [-0.4, -0.2) is 19.3 Å². The first-order chi connectivity index (χ1) is 7.75. The van der Waals surface area contributed by atoms with Gasteiger partial charge in [-0.05, 0) is 24.3 Å². The summed E-state index contributed by atoms with van der Waals surface area (Å²) in [5.41, 5.74) is 1.49. The van der Waals surface area contributed by atoms with Crippen LogP contribution in [0.1, 0.15) is 0 Å². The van der Waals surface area contributed by atoms with Crippen molar-refractivity contribution in [2.45, 2.75) is 0 Å². The van der Waals surface area contributed by atoms with Crippen LogP contribution in [0.25, 0.3) is 10.9 Å². The molecule has 0 N–H and O–H groups in total. The Hall–Kier alpha value is -1.82. The predicted octanol–water partition coefficient (Wildman–Crippen LogP) is 1.89. The molecule has 0 atom stereocenters. The van der Waals surface area contributed by atoms with E-state index in [2.05, 4.69) is 15.2 Å². The van der Waals surface area contributed by atoms with Crippen LogP contribution < -0.4 is 0 Å². The molecule has 16 heavy (non-hydrogen) atoms. The summed E-state index contributed by atoms with van der Waals surface area (Å²) in [4.78, 5) is 4.16. The van der Waals surface area contributed by atoms with Gasteiger partial charge < -0.3 is 0 Å². The van der Waals surface area contributed by atoms with Gasteiger partial charge in [0, 0.05) is 11.6 Å². The highest BCUT2D eigenvalue weighted by atomic mass is 32.2.